The second-order valence-electron chi connectivity index (χ2n) is 4.56. The third-order valence-electron chi connectivity index (χ3n) is 3.01. The molecular weight excluding hydrogens is 198 g/mol. The number of aliphatic imine (C=N–C) groups is 1. The maximum atomic E-state index is 12.1. The van der Waals surface area contributed by atoms with Gasteiger partial charge >= 0.3 is 0 Å². The summed E-state index contributed by atoms with van der Waals surface area (Å²) in [5, 5.41) is 0. The van der Waals surface area contributed by atoms with Crippen LogP contribution in [0.25, 0.3) is 0 Å². The van der Waals surface area contributed by atoms with Gasteiger partial charge < -0.3 is 0 Å². The average molecular weight is 215 g/mol. The Morgan fingerprint density at radius 3 is 2.56 bits per heavy atom. The Bertz CT molecular complexity index is 441. The van der Waals surface area contributed by atoms with Crippen LogP contribution in [0.4, 0.5) is 0 Å². The van der Waals surface area contributed by atoms with Gasteiger partial charge in [0.15, 0.2) is 5.78 Å². The van der Waals surface area contributed by atoms with Gasteiger partial charge in [0.05, 0.1) is 5.71 Å². The summed E-state index contributed by atoms with van der Waals surface area (Å²) in [6.45, 7) is 4.10. The number of hydrogen-bond acceptors (Lipinski definition) is 2. The summed E-state index contributed by atoms with van der Waals surface area (Å²) in [5.74, 6) is 0.525. The molecule has 16 heavy (non-hydrogen) atoms. The van der Waals surface area contributed by atoms with Crippen LogP contribution in [0.3, 0.4) is 0 Å². The number of ketones is 1. The van der Waals surface area contributed by atoms with Gasteiger partial charge in [-0.3, -0.25) is 9.79 Å². The largest absolute Gasteiger partial charge is 0.294 e. The van der Waals surface area contributed by atoms with E-state index in [0.29, 0.717) is 0 Å². The van der Waals surface area contributed by atoms with Gasteiger partial charge in [0, 0.05) is 18.5 Å². The second kappa shape index (κ2) is 4.20. The lowest BCUT2D eigenvalue weighted by molar-refractivity contribution is -0.116. The molecule has 0 unspecified atom stereocenters. The molecule has 2 nitrogen and oxygen atoms in total. The molecule has 1 saturated carbocycles. The first kappa shape index (κ1) is 11.1. The molecular formula is C14H17NO. The predicted octanol–water partition coefficient (Wildman–Crippen LogP) is 2.87. The Morgan fingerprint density at radius 2 is 2.06 bits per heavy atom. The molecule has 0 N–H and O–H groups in total. The zero-order valence-corrected chi connectivity index (χ0v) is 10.1. The summed E-state index contributed by atoms with van der Waals surface area (Å²) in [6.07, 6.45) is 7.96. The van der Waals surface area contributed by atoms with Crippen LogP contribution < -0.4 is 0 Å². The van der Waals surface area contributed by atoms with E-state index in [1.54, 1.807) is 7.05 Å². The molecule has 2 heteroatoms. The van der Waals surface area contributed by atoms with Crippen molar-refractivity contribution in [3.8, 4) is 0 Å². The minimum Gasteiger partial charge on any atom is -0.294 e. The quantitative estimate of drug-likeness (QED) is 0.696. The highest BCUT2D eigenvalue weighted by Crippen LogP contribution is 2.34. The lowest BCUT2D eigenvalue weighted by atomic mass is 9.90. The molecule has 2 rings (SSSR count). The minimum atomic E-state index is 0.257. The van der Waals surface area contributed by atoms with Crippen molar-refractivity contribution in [1.29, 1.82) is 0 Å². The van der Waals surface area contributed by atoms with Crippen LogP contribution in [0.2, 0.25) is 0 Å². The number of Topliss-reactive ketones (excluding diaryl/α,β-unsaturated/α-hetero) is 1. The molecule has 0 aromatic heterocycles. The molecule has 2 aliphatic carbocycles. The molecule has 84 valence electrons. The van der Waals surface area contributed by atoms with E-state index < -0.39 is 0 Å². The van der Waals surface area contributed by atoms with E-state index in [9.17, 15) is 4.79 Å². The van der Waals surface area contributed by atoms with Gasteiger partial charge in [0.25, 0.3) is 0 Å². The molecule has 0 bridgehead atoms. The van der Waals surface area contributed by atoms with Gasteiger partial charge in [0.1, 0.15) is 0 Å². The van der Waals surface area contributed by atoms with Gasteiger partial charge in [-0.15, -0.1) is 0 Å². The fourth-order valence-corrected chi connectivity index (χ4v) is 1.95. The number of rotatable bonds is 2. The topological polar surface area (TPSA) is 29.4 Å². The fourth-order valence-electron chi connectivity index (χ4n) is 1.95. The van der Waals surface area contributed by atoms with Crippen molar-refractivity contribution < 1.29 is 4.79 Å². The fraction of sp³-hybridized carbons (Fsp3) is 0.429. The first-order valence-corrected chi connectivity index (χ1v) is 5.72. The molecule has 2 aliphatic rings. The second-order valence-corrected chi connectivity index (χ2v) is 4.56. The van der Waals surface area contributed by atoms with Crippen LogP contribution in [0.15, 0.2) is 39.9 Å². The van der Waals surface area contributed by atoms with Gasteiger partial charge in [-0.1, -0.05) is 17.7 Å². The molecule has 0 spiro atoms. The standard InChI is InChI=1S/C14H17NO/c1-9(2)11-5-4-6-12(13(11)15-3)14(16)10-7-8-10/h4-6,10H,7-8H2,1-3H3/b15-13+. The number of carbonyl (C=O) groups excluding carboxylic acids is 1. The SMILES string of the molecule is C/N=C1/C(C(=O)C2CC2)=CC=CC1=C(C)C. The van der Waals surface area contributed by atoms with Gasteiger partial charge in [0.2, 0.25) is 0 Å². The van der Waals surface area contributed by atoms with Crippen molar-refractivity contribution in [2.75, 3.05) is 7.05 Å². The lowest BCUT2D eigenvalue weighted by Gasteiger charge is -2.15. The first-order chi connectivity index (χ1) is 7.65. The smallest absolute Gasteiger partial charge is 0.168 e. The van der Waals surface area contributed by atoms with Crippen molar-refractivity contribution >= 4 is 11.5 Å². The van der Waals surface area contributed by atoms with Crippen LogP contribution in [0.1, 0.15) is 26.7 Å². The Morgan fingerprint density at radius 1 is 1.38 bits per heavy atom. The summed E-state index contributed by atoms with van der Waals surface area (Å²) in [6, 6.07) is 0. The number of carbonyl (C=O) groups is 1. The summed E-state index contributed by atoms with van der Waals surface area (Å²) in [7, 11) is 1.76. The van der Waals surface area contributed by atoms with E-state index in [0.717, 1.165) is 29.7 Å². The van der Waals surface area contributed by atoms with Crippen LogP contribution in [-0.2, 0) is 4.79 Å². The summed E-state index contributed by atoms with van der Waals surface area (Å²) >= 11 is 0. The van der Waals surface area contributed by atoms with Gasteiger partial charge in [-0.25, -0.2) is 0 Å². The van der Waals surface area contributed by atoms with E-state index in [4.69, 9.17) is 0 Å². The summed E-state index contributed by atoms with van der Waals surface area (Å²) in [5.41, 5.74) is 3.95. The molecule has 0 saturated heterocycles. The van der Waals surface area contributed by atoms with Crippen molar-refractivity contribution in [3.05, 3.63) is 34.9 Å². The molecule has 0 radical (unpaired) electrons. The molecule has 1 fully saturated rings. The Hall–Kier alpha value is -1.44. The maximum absolute atomic E-state index is 12.1. The highest BCUT2D eigenvalue weighted by Gasteiger charge is 2.34. The average Bonchev–Trinajstić information content (AvgIpc) is 3.10. The zero-order valence-electron chi connectivity index (χ0n) is 10.1. The highest BCUT2D eigenvalue weighted by atomic mass is 16.1. The summed E-state index contributed by atoms with van der Waals surface area (Å²) in [4.78, 5) is 16.4. The third kappa shape index (κ3) is 1.92. The number of hydrogen-bond donors (Lipinski definition) is 0. The van der Waals surface area contributed by atoms with Crippen molar-refractivity contribution in [3.63, 3.8) is 0 Å². The molecule has 0 aromatic rings. The van der Waals surface area contributed by atoms with Crippen LogP contribution in [0.5, 0.6) is 0 Å². The van der Waals surface area contributed by atoms with Crippen molar-refractivity contribution in [2.24, 2.45) is 10.9 Å². The van der Waals surface area contributed by atoms with E-state index in [-0.39, 0.29) is 11.7 Å². The molecule has 0 aromatic carbocycles. The van der Waals surface area contributed by atoms with Crippen molar-refractivity contribution in [1.82, 2.24) is 0 Å². The highest BCUT2D eigenvalue weighted by molar-refractivity contribution is 6.31. The molecule has 0 heterocycles. The molecule has 0 aliphatic heterocycles. The lowest BCUT2D eigenvalue weighted by Crippen LogP contribution is -2.18. The van der Waals surface area contributed by atoms with Crippen LogP contribution in [0, 0.1) is 5.92 Å². The molecule has 0 amide bonds. The Balaban J connectivity index is 2.38. The maximum Gasteiger partial charge on any atom is 0.168 e. The normalized spacial score (nSPS) is 22.3. The predicted molar refractivity (Wildman–Crippen MR) is 66.7 cm³/mol. The number of nitrogens with zero attached hydrogens (tertiary/aromatic N) is 1. The van der Waals surface area contributed by atoms with E-state index in [1.807, 2.05) is 18.2 Å². The Labute approximate surface area is 96.5 Å². The van der Waals surface area contributed by atoms with Gasteiger partial charge in [-0.2, -0.15) is 0 Å². The van der Waals surface area contributed by atoms with Crippen LogP contribution >= 0.6 is 0 Å². The van der Waals surface area contributed by atoms with E-state index >= 15 is 0 Å². The van der Waals surface area contributed by atoms with E-state index in [1.165, 1.54) is 5.57 Å². The first-order valence-electron chi connectivity index (χ1n) is 5.72. The van der Waals surface area contributed by atoms with Gasteiger partial charge in [-0.05, 0) is 38.3 Å². The van der Waals surface area contributed by atoms with Crippen molar-refractivity contribution in [2.45, 2.75) is 26.7 Å². The van der Waals surface area contributed by atoms with Crippen LogP contribution in [-0.4, -0.2) is 18.5 Å². The minimum absolute atomic E-state index is 0.257. The van der Waals surface area contributed by atoms with E-state index in [2.05, 4.69) is 18.8 Å². The monoisotopic (exact) mass is 215 g/mol. The third-order valence-corrected chi connectivity index (χ3v) is 3.01. The Kier molecular flexibility index (Phi) is 2.90. The zero-order chi connectivity index (χ0) is 11.7. The number of allylic oxidation sites excluding steroid dienone is 6. The molecule has 0 atom stereocenters. The summed E-state index contributed by atoms with van der Waals surface area (Å²) < 4.78 is 0.